The van der Waals surface area contributed by atoms with E-state index in [2.05, 4.69) is 16.0 Å². The van der Waals surface area contributed by atoms with Crippen LogP contribution in [0, 0.1) is 0 Å². The third kappa shape index (κ3) is 9.62. The van der Waals surface area contributed by atoms with Crippen molar-refractivity contribution in [3.63, 3.8) is 0 Å². The lowest BCUT2D eigenvalue weighted by molar-refractivity contribution is -0.128. The van der Waals surface area contributed by atoms with Crippen LogP contribution in [0.25, 0.3) is 0 Å². The van der Waals surface area contributed by atoms with E-state index in [0.29, 0.717) is 32.2 Å². The molecule has 0 bridgehead atoms. The van der Waals surface area contributed by atoms with Gasteiger partial charge in [-0.25, -0.2) is 4.79 Å². The first-order valence-corrected chi connectivity index (χ1v) is 7.84. The summed E-state index contributed by atoms with van der Waals surface area (Å²) >= 11 is 0. The predicted molar refractivity (Wildman–Crippen MR) is 86.8 cm³/mol. The molecular weight excluding hydrogens is 300 g/mol. The Kier molecular flexibility index (Phi) is 10.6. The number of hydrogen-bond acceptors (Lipinski definition) is 5. The van der Waals surface area contributed by atoms with Crippen molar-refractivity contribution >= 4 is 23.5 Å². The molecule has 0 aromatic rings. The highest BCUT2D eigenvalue weighted by molar-refractivity contribution is 5.89. The van der Waals surface area contributed by atoms with Crippen LogP contribution >= 0.6 is 0 Å². The van der Waals surface area contributed by atoms with Crippen molar-refractivity contribution in [3.05, 3.63) is 0 Å². The van der Waals surface area contributed by atoms with Crippen molar-refractivity contribution in [2.45, 2.75) is 58.0 Å². The minimum Gasteiger partial charge on any atom is -0.352 e. The summed E-state index contributed by atoms with van der Waals surface area (Å²) in [6, 6.07) is -1.55. The van der Waals surface area contributed by atoms with Crippen LogP contribution in [0.15, 0.2) is 0 Å². The molecular formula is C15H28N4O4. The molecule has 0 saturated carbocycles. The van der Waals surface area contributed by atoms with Crippen molar-refractivity contribution in [2.75, 3.05) is 13.6 Å². The van der Waals surface area contributed by atoms with Crippen LogP contribution in [0.3, 0.4) is 0 Å². The quantitative estimate of drug-likeness (QED) is 0.370. The minimum atomic E-state index is -0.616. The molecule has 0 aromatic heterocycles. The van der Waals surface area contributed by atoms with Gasteiger partial charge in [-0.3, -0.25) is 14.4 Å². The van der Waals surface area contributed by atoms with Gasteiger partial charge in [-0.2, -0.15) is 0 Å². The number of rotatable bonds is 12. The summed E-state index contributed by atoms with van der Waals surface area (Å²) in [5.41, 5.74) is 4.96. The van der Waals surface area contributed by atoms with Gasteiger partial charge in [-0.15, -0.1) is 0 Å². The highest BCUT2D eigenvalue weighted by Gasteiger charge is 2.20. The zero-order chi connectivity index (χ0) is 17.8. The molecule has 5 N–H and O–H groups in total. The fraction of sp³-hybridized carbons (Fsp3) is 0.733. The van der Waals surface area contributed by atoms with E-state index >= 15 is 0 Å². The lowest BCUT2D eigenvalue weighted by Gasteiger charge is -2.18. The summed E-state index contributed by atoms with van der Waals surface area (Å²) in [4.78, 5) is 45.7. The van der Waals surface area contributed by atoms with Crippen molar-refractivity contribution in [1.82, 2.24) is 16.0 Å². The van der Waals surface area contributed by atoms with E-state index in [1.807, 2.05) is 0 Å². The van der Waals surface area contributed by atoms with Gasteiger partial charge in [0, 0.05) is 19.4 Å². The number of hydrogen-bond donors (Lipinski definition) is 4. The average molecular weight is 328 g/mol. The zero-order valence-corrected chi connectivity index (χ0v) is 14.1. The molecule has 0 heterocycles. The fourth-order valence-electron chi connectivity index (χ4n) is 2.17. The van der Waals surface area contributed by atoms with Gasteiger partial charge in [-0.1, -0.05) is 6.92 Å². The monoisotopic (exact) mass is 328 g/mol. The van der Waals surface area contributed by atoms with E-state index in [1.54, 1.807) is 14.0 Å². The Bertz CT molecular complexity index is 426. The molecule has 0 aliphatic heterocycles. The number of likely N-dealkylation sites (N-methyl/N-ethyl adjacent to an activating group) is 1. The van der Waals surface area contributed by atoms with Gasteiger partial charge >= 0.3 is 6.03 Å². The third-order valence-corrected chi connectivity index (χ3v) is 3.54. The molecule has 0 aliphatic rings. The molecule has 2 unspecified atom stereocenters. The van der Waals surface area contributed by atoms with E-state index in [-0.39, 0.29) is 29.9 Å². The zero-order valence-electron chi connectivity index (χ0n) is 14.1. The van der Waals surface area contributed by atoms with Crippen molar-refractivity contribution in [1.29, 1.82) is 0 Å². The van der Waals surface area contributed by atoms with Crippen molar-refractivity contribution < 1.29 is 19.2 Å². The lowest BCUT2D eigenvalue weighted by atomic mass is 10.0. The molecule has 23 heavy (non-hydrogen) atoms. The SMILES string of the molecule is CCC(=O)C(CCCNC(N)=O)NC(=O)CCC(NC)C(C)=O. The second-order valence-corrected chi connectivity index (χ2v) is 5.36. The van der Waals surface area contributed by atoms with E-state index < -0.39 is 12.1 Å². The number of primary amides is 1. The molecule has 0 saturated heterocycles. The van der Waals surface area contributed by atoms with Crippen LogP contribution in [0.4, 0.5) is 4.79 Å². The highest BCUT2D eigenvalue weighted by Crippen LogP contribution is 2.04. The largest absolute Gasteiger partial charge is 0.352 e. The predicted octanol–water partition coefficient (Wildman–Crippen LogP) is -0.144. The maximum atomic E-state index is 12.0. The second kappa shape index (κ2) is 11.6. The van der Waals surface area contributed by atoms with E-state index in [1.165, 1.54) is 6.92 Å². The van der Waals surface area contributed by atoms with Crippen LogP contribution in [-0.4, -0.2) is 49.2 Å². The second-order valence-electron chi connectivity index (χ2n) is 5.36. The molecule has 2 atom stereocenters. The smallest absolute Gasteiger partial charge is 0.312 e. The Morgan fingerprint density at radius 2 is 1.74 bits per heavy atom. The molecule has 0 rings (SSSR count). The number of nitrogens with two attached hydrogens (primary N) is 1. The first-order chi connectivity index (χ1) is 10.8. The molecule has 0 fully saturated rings. The summed E-state index contributed by atoms with van der Waals surface area (Å²) in [6.45, 7) is 3.55. The normalized spacial score (nSPS) is 13.0. The van der Waals surface area contributed by atoms with Crippen LogP contribution in [-0.2, 0) is 14.4 Å². The van der Waals surface area contributed by atoms with Gasteiger partial charge in [0.25, 0.3) is 0 Å². The Morgan fingerprint density at radius 3 is 2.22 bits per heavy atom. The van der Waals surface area contributed by atoms with Gasteiger partial charge in [0.15, 0.2) is 5.78 Å². The average Bonchev–Trinajstić information content (AvgIpc) is 2.49. The van der Waals surface area contributed by atoms with Crippen LogP contribution in [0.2, 0.25) is 0 Å². The molecule has 0 aliphatic carbocycles. The molecule has 132 valence electrons. The molecule has 0 radical (unpaired) electrons. The number of ketones is 2. The van der Waals surface area contributed by atoms with Gasteiger partial charge in [0.05, 0.1) is 12.1 Å². The number of urea groups is 1. The molecule has 0 aromatic carbocycles. The standard InChI is InChI=1S/C15H28N4O4/c1-4-13(21)12(6-5-9-18-15(16)23)19-14(22)8-7-11(17-3)10(2)20/h11-12,17H,4-9H2,1-3H3,(H,19,22)(H3,16,18,23). The number of carbonyl (C=O) groups excluding carboxylic acids is 4. The van der Waals surface area contributed by atoms with Gasteiger partial charge in [0.1, 0.15) is 5.78 Å². The van der Waals surface area contributed by atoms with E-state index in [0.717, 1.165) is 0 Å². The number of carbonyl (C=O) groups is 4. The van der Waals surface area contributed by atoms with Crippen LogP contribution < -0.4 is 21.7 Å². The molecule has 8 heteroatoms. The highest BCUT2D eigenvalue weighted by atomic mass is 16.2. The van der Waals surface area contributed by atoms with E-state index in [4.69, 9.17) is 5.73 Å². The topological polar surface area (TPSA) is 130 Å². The van der Waals surface area contributed by atoms with Gasteiger partial charge in [0.2, 0.25) is 5.91 Å². The maximum Gasteiger partial charge on any atom is 0.312 e. The Hall–Kier alpha value is -1.96. The first-order valence-electron chi connectivity index (χ1n) is 7.84. The number of nitrogens with one attached hydrogen (secondary N) is 3. The van der Waals surface area contributed by atoms with Gasteiger partial charge in [-0.05, 0) is 33.2 Å². The molecule has 3 amide bonds. The van der Waals surface area contributed by atoms with Crippen LogP contribution in [0.5, 0.6) is 0 Å². The van der Waals surface area contributed by atoms with Crippen molar-refractivity contribution in [3.8, 4) is 0 Å². The number of Topliss-reactive ketones (excluding diaryl/α,β-unsaturated/α-hetero) is 2. The van der Waals surface area contributed by atoms with E-state index in [9.17, 15) is 19.2 Å². The Balaban J connectivity index is 4.35. The fourth-order valence-corrected chi connectivity index (χ4v) is 2.17. The summed E-state index contributed by atoms with van der Waals surface area (Å²) in [6.07, 6.45) is 1.83. The van der Waals surface area contributed by atoms with Gasteiger partial charge < -0.3 is 21.7 Å². The van der Waals surface area contributed by atoms with Crippen LogP contribution in [0.1, 0.15) is 46.0 Å². The summed E-state index contributed by atoms with van der Waals surface area (Å²) in [5, 5.41) is 7.99. The number of amides is 3. The summed E-state index contributed by atoms with van der Waals surface area (Å²) in [5.74, 6) is -0.352. The first kappa shape index (κ1) is 21.0. The molecule has 8 nitrogen and oxygen atoms in total. The maximum absolute atomic E-state index is 12.0. The summed E-state index contributed by atoms with van der Waals surface area (Å²) in [7, 11) is 1.67. The van der Waals surface area contributed by atoms with Crippen molar-refractivity contribution in [2.24, 2.45) is 5.73 Å². The third-order valence-electron chi connectivity index (χ3n) is 3.54. The Morgan fingerprint density at radius 1 is 1.09 bits per heavy atom. The lowest BCUT2D eigenvalue weighted by Crippen LogP contribution is -2.42. The minimum absolute atomic E-state index is 0.0287. The summed E-state index contributed by atoms with van der Waals surface area (Å²) < 4.78 is 0. The Labute approximate surface area is 136 Å². The molecule has 0 spiro atoms.